The predicted octanol–water partition coefficient (Wildman–Crippen LogP) is 4.59. The predicted molar refractivity (Wildman–Crippen MR) is 104 cm³/mol. The minimum atomic E-state index is -0.528. The van der Waals surface area contributed by atoms with E-state index >= 15 is 0 Å². The second-order valence-corrected chi connectivity index (χ2v) is 5.31. The fraction of sp³-hybridized carbons (Fsp3) is 0.190. The van der Waals surface area contributed by atoms with Crippen molar-refractivity contribution in [2.45, 2.75) is 6.92 Å². The molecule has 5 nitrogen and oxygen atoms in total. The number of nitrogens with one attached hydrogen (secondary N) is 1. The van der Waals surface area contributed by atoms with E-state index in [9.17, 15) is 4.79 Å². The van der Waals surface area contributed by atoms with Crippen molar-refractivity contribution in [3.8, 4) is 11.5 Å². The zero-order valence-corrected chi connectivity index (χ0v) is 15.2. The molecule has 0 aliphatic rings. The largest absolute Gasteiger partial charge is 0.493 e. The minimum Gasteiger partial charge on any atom is -0.493 e. The Morgan fingerprint density at radius 3 is 2.35 bits per heavy atom. The summed E-state index contributed by atoms with van der Waals surface area (Å²) >= 11 is 0. The Kier molecular flexibility index (Phi) is 6.85. The molecule has 0 saturated carbocycles. The van der Waals surface area contributed by atoms with Gasteiger partial charge in [0.1, 0.15) is 0 Å². The molecule has 0 heterocycles. The monoisotopic (exact) mass is 353 g/mol. The van der Waals surface area contributed by atoms with Crippen LogP contribution in [0.4, 0.5) is 4.79 Å². The van der Waals surface area contributed by atoms with Gasteiger partial charge in [0.25, 0.3) is 0 Å². The molecule has 1 N–H and O–H groups in total. The van der Waals surface area contributed by atoms with Gasteiger partial charge in [-0.1, -0.05) is 43.0 Å². The lowest BCUT2D eigenvalue weighted by Gasteiger charge is -2.16. The van der Waals surface area contributed by atoms with Gasteiger partial charge in [-0.2, -0.15) is 0 Å². The van der Waals surface area contributed by atoms with Gasteiger partial charge in [-0.25, -0.2) is 4.79 Å². The maximum absolute atomic E-state index is 12.0. The fourth-order valence-corrected chi connectivity index (χ4v) is 2.47. The molecule has 2 aromatic rings. The van der Waals surface area contributed by atoms with Gasteiger partial charge in [-0.3, -0.25) is 5.32 Å². The van der Waals surface area contributed by atoms with Crippen LogP contribution in [0.1, 0.15) is 23.6 Å². The summed E-state index contributed by atoms with van der Waals surface area (Å²) in [5.74, 6) is 1.14. The van der Waals surface area contributed by atoms with Crippen LogP contribution in [0.25, 0.3) is 17.8 Å². The molecule has 0 unspecified atom stereocenters. The molecule has 0 spiro atoms. The van der Waals surface area contributed by atoms with E-state index in [0.29, 0.717) is 17.2 Å². The molecule has 0 bridgehead atoms. The third-order valence-electron chi connectivity index (χ3n) is 3.69. The second kappa shape index (κ2) is 9.32. The van der Waals surface area contributed by atoms with Gasteiger partial charge in [-0.15, -0.1) is 0 Å². The van der Waals surface area contributed by atoms with Crippen molar-refractivity contribution in [3.05, 3.63) is 65.7 Å². The lowest BCUT2D eigenvalue weighted by atomic mass is 10.0. The van der Waals surface area contributed by atoms with E-state index in [1.807, 2.05) is 42.5 Å². The Labute approximate surface area is 153 Å². The van der Waals surface area contributed by atoms with E-state index < -0.39 is 6.09 Å². The standard InChI is InChI=1S/C21H23NO4/c1-5-16-13-19(24-3)20(25-4)14-17(16)18(22-21(23)26-6-2)12-15-10-8-7-9-11-15/h5,7-14H,1,6H2,2-4H3,(H,22,23)/b18-12+. The molecule has 2 aromatic carbocycles. The highest BCUT2D eigenvalue weighted by molar-refractivity contribution is 5.92. The number of methoxy groups -OCH3 is 2. The van der Waals surface area contributed by atoms with Gasteiger partial charge in [0, 0.05) is 5.56 Å². The number of benzene rings is 2. The van der Waals surface area contributed by atoms with Gasteiger partial charge < -0.3 is 14.2 Å². The lowest BCUT2D eigenvalue weighted by Crippen LogP contribution is -2.23. The van der Waals surface area contributed by atoms with Crippen molar-refractivity contribution >= 4 is 23.9 Å². The molecule has 0 aliphatic carbocycles. The maximum atomic E-state index is 12.0. The number of alkyl carbamates (subject to hydrolysis) is 1. The molecule has 0 aromatic heterocycles. The number of amides is 1. The van der Waals surface area contributed by atoms with Crippen molar-refractivity contribution < 1.29 is 19.0 Å². The highest BCUT2D eigenvalue weighted by Crippen LogP contribution is 2.34. The first-order valence-electron chi connectivity index (χ1n) is 8.22. The zero-order chi connectivity index (χ0) is 18.9. The van der Waals surface area contributed by atoms with E-state index in [1.165, 1.54) is 0 Å². The summed E-state index contributed by atoms with van der Waals surface area (Å²) in [5, 5.41) is 2.80. The molecule has 5 heteroatoms. The van der Waals surface area contributed by atoms with Crippen LogP contribution >= 0.6 is 0 Å². The van der Waals surface area contributed by atoms with Crippen LogP contribution in [0, 0.1) is 0 Å². The minimum absolute atomic E-state index is 0.282. The highest BCUT2D eigenvalue weighted by Gasteiger charge is 2.15. The molecule has 0 fully saturated rings. The Bertz CT molecular complexity index is 797. The van der Waals surface area contributed by atoms with Gasteiger partial charge in [0.05, 0.1) is 26.5 Å². The molecule has 2 rings (SSSR count). The molecule has 0 radical (unpaired) electrons. The van der Waals surface area contributed by atoms with Crippen LogP contribution in [0.3, 0.4) is 0 Å². The van der Waals surface area contributed by atoms with E-state index in [0.717, 1.165) is 16.7 Å². The Morgan fingerprint density at radius 1 is 1.12 bits per heavy atom. The van der Waals surface area contributed by atoms with Crippen LogP contribution in [0.5, 0.6) is 11.5 Å². The van der Waals surface area contributed by atoms with Crippen molar-refractivity contribution in [1.82, 2.24) is 5.32 Å². The van der Waals surface area contributed by atoms with Gasteiger partial charge in [-0.05, 0) is 36.3 Å². The fourth-order valence-electron chi connectivity index (χ4n) is 2.47. The van der Waals surface area contributed by atoms with Crippen LogP contribution in [-0.4, -0.2) is 26.9 Å². The van der Waals surface area contributed by atoms with Crippen molar-refractivity contribution in [3.63, 3.8) is 0 Å². The smallest absolute Gasteiger partial charge is 0.411 e. The Morgan fingerprint density at radius 2 is 1.77 bits per heavy atom. The molecule has 26 heavy (non-hydrogen) atoms. The average Bonchev–Trinajstić information content (AvgIpc) is 2.67. The van der Waals surface area contributed by atoms with Crippen molar-refractivity contribution in [2.75, 3.05) is 20.8 Å². The van der Waals surface area contributed by atoms with Crippen molar-refractivity contribution in [1.29, 1.82) is 0 Å². The number of rotatable bonds is 7. The Balaban J connectivity index is 2.59. The third kappa shape index (κ3) is 4.66. The molecule has 0 saturated heterocycles. The topological polar surface area (TPSA) is 56.8 Å². The van der Waals surface area contributed by atoms with E-state index in [4.69, 9.17) is 14.2 Å². The molecular weight excluding hydrogens is 330 g/mol. The summed E-state index contributed by atoms with van der Waals surface area (Å²) in [4.78, 5) is 12.0. The lowest BCUT2D eigenvalue weighted by molar-refractivity contribution is 0.157. The summed E-state index contributed by atoms with van der Waals surface area (Å²) in [6, 6.07) is 13.3. The van der Waals surface area contributed by atoms with Gasteiger partial charge >= 0.3 is 6.09 Å². The molecule has 0 aliphatic heterocycles. The number of ether oxygens (including phenoxy) is 3. The molecular formula is C21H23NO4. The zero-order valence-electron chi connectivity index (χ0n) is 15.2. The summed E-state index contributed by atoms with van der Waals surface area (Å²) in [6.07, 6.45) is 3.04. The van der Waals surface area contributed by atoms with Crippen LogP contribution in [0.2, 0.25) is 0 Å². The molecule has 1 amide bonds. The summed E-state index contributed by atoms with van der Waals surface area (Å²) in [6.45, 7) is 5.90. The number of hydrogen-bond acceptors (Lipinski definition) is 4. The van der Waals surface area contributed by atoms with Gasteiger partial charge in [0.2, 0.25) is 0 Å². The summed E-state index contributed by atoms with van der Waals surface area (Å²) in [7, 11) is 3.14. The molecule has 136 valence electrons. The Hall–Kier alpha value is -3.21. The van der Waals surface area contributed by atoms with E-state index in [-0.39, 0.29) is 6.61 Å². The van der Waals surface area contributed by atoms with Crippen LogP contribution < -0.4 is 14.8 Å². The first-order valence-corrected chi connectivity index (χ1v) is 8.22. The average molecular weight is 353 g/mol. The third-order valence-corrected chi connectivity index (χ3v) is 3.69. The van der Waals surface area contributed by atoms with Crippen LogP contribution in [-0.2, 0) is 4.74 Å². The first kappa shape index (κ1) is 19.1. The SMILES string of the molecule is C=Cc1cc(OC)c(OC)cc1/C(=C\c1ccccc1)NC(=O)OCC. The highest BCUT2D eigenvalue weighted by atomic mass is 16.5. The van der Waals surface area contributed by atoms with Crippen LogP contribution in [0.15, 0.2) is 49.0 Å². The normalized spacial score (nSPS) is 10.8. The second-order valence-electron chi connectivity index (χ2n) is 5.31. The quantitative estimate of drug-likeness (QED) is 0.740. The van der Waals surface area contributed by atoms with Crippen molar-refractivity contribution in [2.24, 2.45) is 0 Å². The van der Waals surface area contributed by atoms with Gasteiger partial charge in [0.15, 0.2) is 11.5 Å². The number of carbonyl (C=O) groups is 1. The molecule has 0 atom stereocenters. The van der Waals surface area contributed by atoms with E-state index in [2.05, 4.69) is 11.9 Å². The summed E-state index contributed by atoms with van der Waals surface area (Å²) in [5.41, 5.74) is 3.05. The number of carbonyl (C=O) groups excluding carboxylic acids is 1. The maximum Gasteiger partial charge on any atom is 0.411 e. The van der Waals surface area contributed by atoms with E-state index in [1.54, 1.807) is 33.3 Å². The first-order chi connectivity index (χ1) is 12.6. The number of hydrogen-bond donors (Lipinski definition) is 1. The summed E-state index contributed by atoms with van der Waals surface area (Å²) < 4.78 is 15.8.